The van der Waals surface area contributed by atoms with Gasteiger partial charge in [0.05, 0.1) is 22.0 Å². The monoisotopic (exact) mass is 494 g/mol. The molecule has 0 aliphatic carbocycles. The van der Waals surface area contributed by atoms with E-state index in [0.29, 0.717) is 23.1 Å². The molecule has 1 aliphatic heterocycles. The summed E-state index contributed by atoms with van der Waals surface area (Å²) in [7, 11) is -3.76. The molecule has 1 aliphatic rings. The lowest BCUT2D eigenvalue weighted by Gasteiger charge is -2.32. The molecule has 0 bridgehead atoms. The molecule has 0 saturated heterocycles. The van der Waals surface area contributed by atoms with E-state index in [4.69, 9.17) is 4.74 Å². The van der Waals surface area contributed by atoms with Crippen molar-refractivity contribution in [3.63, 3.8) is 0 Å². The summed E-state index contributed by atoms with van der Waals surface area (Å²) in [4.78, 5) is 26.0. The van der Waals surface area contributed by atoms with E-state index in [1.54, 1.807) is 61.5 Å². The molecular weight excluding hydrogens is 464 g/mol. The van der Waals surface area contributed by atoms with E-state index in [2.05, 4.69) is 5.32 Å². The number of carbonyl (C=O) groups excluding carboxylic acids is 2. The first-order valence-corrected chi connectivity index (χ1v) is 13.1. The third-order valence-electron chi connectivity index (χ3n) is 6.32. The molecule has 0 radical (unpaired) electrons. The van der Waals surface area contributed by atoms with Crippen LogP contribution >= 0.6 is 0 Å². The predicted octanol–water partition coefficient (Wildman–Crippen LogP) is 3.85. The van der Waals surface area contributed by atoms with Gasteiger partial charge < -0.3 is 14.6 Å². The highest BCUT2D eigenvalue weighted by atomic mass is 32.2. The van der Waals surface area contributed by atoms with Crippen LogP contribution in [0, 0.1) is 6.92 Å². The van der Waals surface area contributed by atoms with Crippen LogP contribution in [0.4, 0.5) is 0 Å². The van der Waals surface area contributed by atoms with Crippen molar-refractivity contribution in [3.05, 3.63) is 82.7 Å². The lowest BCUT2D eigenvalue weighted by Crippen LogP contribution is -2.49. The minimum atomic E-state index is -3.76. The van der Waals surface area contributed by atoms with Crippen molar-refractivity contribution in [2.75, 3.05) is 6.61 Å². The average Bonchev–Trinajstić information content (AvgIpc) is 3.05. The van der Waals surface area contributed by atoms with Crippen LogP contribution in [0.25, 0.3) is 0 Å². The molecule has 1 N–H and O–H groups in total. The molecule has 0 unspecified atom stereocenters. The van der Waals surface area contributed by atoms with Gasteiger partial charge in [-0.05, 0) is 57.0 Å². The van der Waals surface area contributed by atoms with Gasteiger partial charge in [0.25, 0.3) is 5.91 Å². The number of fused-ring (bicyclic) bond motifs is 1. The Morgan fingerprint density at radius 2 is 1.74 bits per heavy atom. The number of amides is 1. The van der Waals surface area contributed by atoms with Gasteiger partial charge in [-0.25, -0.2) is 8.42 Å². The zero-order valence-corrected chi connectivity index (χ0v) is 21.2. The van der Waals surface area contributed by atoms with Crippen molar-refractivity contribution < 1.29 is 22.7 Å². The van der Waals surface area contributed by atoms with Crippen LogP contribution in [-0.4, -0.2) is 37.0 Å². The Labute approximate surface area is 206 Å². The molecule has 0 spiro atoms. The SMILES string of the molecule is CCOC(=O)Cn1c(C)c(Cc2ccccc2S(=O)(=O)c2ccccc2)c2c1CC(C)(C)NC2=O. The number of carbonyl (C=O) groups is 2. The number of nitrogens with zero attached hydrogens (tertiary/aromatic N) is 1. The largest absolute Gasteiger partial charge is 0.465 e. The van der Waals surface area contributed by atoms with Gasteiger partial charge in [-0.1, -0.05) is 36.4 Å². The number of esters is 1. The van der Waals surface area contributed by atoms with Crippen LogP contribution < -0.4 is 5.32 Å². The molecule has 0 saturated carbocycles. The fourth-order valence-corrected chi connectivity index (χ4v) is 6.25. The van der Waals surface area contributed by atoms with Crippen molar-refractivity contribution in [1.29, 1.82) is 0 Å². The minimum absolute atomic E-state index is 0.00464. The number of benzene rings is 2. The quantitative estimate of drug-likeness (QED) is 0.504. The first-order chi connectivity index (χ1) is 16.5. The Bertz CT molecular complexity index is 1390. The first kappa shape index (κ1) is 24.7. The third kappa shape index (κ3) is 4.75. The minimum Gasteiger partial charge on any atom is -0.465 e. The standard InChI is InChI=1S/C27H30N2O5S/c1-5-34-24(30)17-29-18(2)21(25-22(29)16-27(3,4)28-26(25)31)15-19-11-9-10-14-23(19)35(32,33)20-12-7-6-8-13-20/h6-14H,5,15-17H2,1-4H3,(H,28,31). The van der Waals surface area contributed by atoms with Gasteiger partial charge in [0.2, 0.25) is 9.84 Å². The van der Waals surface area contributed by atoms with E-state index in [-0.39, 0.29) is 41.2 Å². The number of sulfone groups is 1. The van der Waals surface area contributed by atoms with E-state index < -0.39 is 15.4 Å². The highest BCUT2D eigenvalue weighted by Gasteiger charge is 2.37. The summed E-state index contributed by atoms with van der Waals surface area (Å²) in [6, 6.07) is 15.2. The second-order valence-electron chi connectivity index (χ2n) is 9.39. The number of hydrogen-bond donors (Lipinski definition) is 1. The molecule has 1 amide bonds. The van der Waals surface area contributed by atoms with Crippen LogP contribution in [0.1, 0.15) is 53.6 Å². The smallest absolute Gasteiger partial charge is 0.325 e. The van der Waals surface area contributed by atoms with E-state index in [1.165, 1.54) is 0 Å². The van der Waals surface area contributed by atoms with Crippen LogP contribution in [0.3, 0.4) is 0 Å². The van der Waals surface area contributed by atoms with Gasteiger partial charge in [-0.3, -0.25) is 9.59 Å². The summed E-state index contributed by atoms with van der Waals surface area (Å²) in [5.41, 5.74) is 2.86. The van der Waals surface area contributed by atoms with Crippen molar-refractivity contribution >= 4 is 21.7 Å². The maximum atomic E-state index is 13.4. The van der Waals surface area contributed by atoms with E-state index >= 15 is 0 Å². The molecular formula is C27H30N2O5S. The van der Waals surface area contributed by atoms with Crippen molar-refractivity contribution in [3.8, 4) is 0 Å². The van der Waals surface area contributed by atoms with Crippen LogP contribution in [0.15, 0.2) is 64.4 Å². The molecule has 184 valence electrons. The van der Waals surface area contributed by atoms with Gasteiger partial charge in [0.15, 0.2) is 0 Å². The summed E-state index contributed by atoms with van der Waals surface area (Å²) in [6.45, 7) is 7.75. The molecule has 7 nitrogen and oxygen atoms in total. The third-order valence-corrected chi connectivity index (χ3v) is 8.19. The summed E-state index contributed by atoms with van der Waals surface area (Å²) < 4.78 is 33.9. The maximum absolute atomic E-state index is 13.4. The van der Waals surface area contributed by atoms with Gasteiger partial charge in [0.1, 0.15) is 6.54 Å². The van der Waals surface area contributed by atoms with Crippen molar-refractivity contribution in [1.82, 2.24) is 9.88 Å². The van der Waals surface area contributed by atoms with E-state index in [0.717, 1.165) is 11.4 Å². The van der Waals surface area contributed by atoms with Crippen LogP contribution in [0.5, 0.6) is 0 Å². The molecule has 0 atom stereocenters. The summed E-state index contributed by atoms with van der Waals surface area (Å²) in [6.07, 6.45) is 0.776. The number of aromatic nitrogens is 1. The van der Waals surface area contributed by atoms with Gasteiger partial charge in [-0.2, -0.15) is 0 Å². The Kier molecular flexibility index (Phi) is 6.60. The fourth-order valence-electron chi connectivity index (χ4n) is 4.74. The zero-order chi connectivity index (χ0) is 25.4. The Morgan fingerprint density at radius 1 is 1.09 bits per heavy atom. The lowest BCUT2D eigenvalue weighted by molar-refractivity contribution is -0.143. The number of nitrogens with one attached hydrogen (secondary N) is 1. The highest BCUT2D eigenvalue weighted by molar-refractivity contribution is 7.91. The molecule has 2 aromatic carbocycles. The van der Waals surface area contributed by atoms with Gasteiger partial charge >= 0.3 is 5.97 Å². The van der Waals surface area contributed by atoms with E-state index in [1.807, 2.05) is 25.3 Å². The number of rotatable bonds is 7. The molecule has 2 heterocycles. The fraction of sp³-hybridized carbons (Fsp3) is 0.333. The lowest BCUT2D eigenvalue weighted by atomic mass is 9.89. The first-order valence-electron chi connectivity index (χ1n) is 11.6. The van der Waals surface area contributed by atoms with Gasteiger partial charge in [-0.15, -0.1) is 0 Å². The van der Waals surface area contributed by atoms with Crippen LogP contribution in [0.2, 0.25) is 0 Å². The number of ether oxygens (including phenoxy) is 1. The molecule has 8 heteroatoms. The van der Waals surface area contributed by atoms with Crippen molar-refractivity contribution in [2.45, 2.75) is 62.4 Å². The Hall–Kier alpha value is -3.39. The summed E-state index contributed by atoms with van der Waals surface area (Å²) in [5, 5.41) is 3.04. The molecule has 3 aromatic rings. The Morgan fingerprint density at radius 3 is 2.43 bits per heavy atom. The second-order valence-corrected chi connectivity index (χ2v) is 11.3. The second kappa shape index (κ2) is 9.34. The topological polar surface area (TPSA) is 94.5 Å². The summed E-state index contributed by atoms with van der Waals surface area (Å²) in [5.74, 6) is -0.601. The predicted molar refractivity (Wildman–Crippen MR) is 132 cm³/mol. The Balaban J connectivity index is 1.84. The highest BCUT2D eigenvalue weighted by Crippen LogP contribution is 2.34. The normalized spacial score (nSPS) is 14.8. The number of hydrogen-bond acceptors (Lipinski definition) is 5. The van der Waals surface area contributed by atoms with E-state index in [9.17, 15) is 18.0 Å². The summed E-state index contributed by atoms with van der Waals surface area (Å²) >= 11 is 0. The zero-order valence-electron chi connectivity index (χ0n) is 20.4. The van der Waals surface area contributed by atoms with Crippen molar-refractivity contribution in [2.24, 2.45) is 0 Å². The average molecular weight is 495 g/mol. The molecule has 0 fully saturated rings. The van der Waals surface area contributed by atoms with Crippen LogP contribution in [-0.2, 0) is 38.8 Å². The molecule has 35 heavy (non-hydrogen) atoms. The maximum Gasteiger partial charge on any atom is 0.325 e. The molecule has 4 rings (SSSR count). The van der Waals surface area contributed by atoms with Gasteiger partial charge in [0, 0.05) is 29.8 Å². The molecule has 1 aromatic heterocycles.